The van der Waals surface area contributed by atoms with Crippen LogP contribution in [0.5, 0.6) is 0 Å². The van der Waals surface area contributed by atoms with Crippen molar-refractivity contribution in [1.29, 1.82) is 0 Å². The number of rotatable bonds is 3. The largest absolute Gasteiger partial charge is 0.298 e. The molecule has 0 aromatic heterocycles. The summed E-state index contributed by atoms with van der Waals surface area (Å²) in [4.78, 5) is 25.8. The first-order valence-electron chi connectivity index (χ1n) is 9.49. The number of hydrogen-bond donors (Lipinski definition) is 0. The van der Waals surface area contributed by atoms with E-state index in [1.54, 1.807) is 24.3 Å². The molecule has 1 saturated heterocycles. The Labute approximate surface area is 162 Å². The van der Waals surface area contributed by atoms with Crippen molar-refractivity contribution in [1.82, 2.24) is 5.01 Å². The summed E-state index contributed by atoms with van der Waals surface area (Å²) >= 11 is 0. The molecular weight excluding hydrogens is 362 g/mol. The molecule has 4 nitrogen and oxygen atoms in total. The average Bonchev–Trinajstić information content (AvgIpc) is 2.67. The van der Waals surface area contributed by atoms with Gasteiger partial charge in [0.15, 0.2) is 0 Å². The highest BCUT2D eigenvalue weighted by atomic mass is 19.1. The number of nitroso groups, excluding NO2 is 1. The van der Waals surface area contributed by atoms with Gasteiger partial charge in [-0.25, -0.2) is 13.8 Å². The maximum atomic E-state index is 13.7. The molecule has 0 amide bonds. The molecular formula is C22H22F2N2O2. The molecule has 2 bridgehead atoms. The summed E-state index contributed by atoms with van der Waals surface area (Å²) in [6, 6.07) is 10.5. The van der Waals surface area contributed by atoms with E-state index >= 15 is 0 Å². The van der Waals surface area contributed by atoms with Crippen LogP contribution in [0.25, 0.3) is 0 Å². The third-order valence-electron chi connectivity index (χ3n) is 6.63. The van der Waals surface area contributed by atoms with Gasteiger partial charge < -0.3 is 0 Å². The molecule has 2 aromatic rings. The molecule has 2 aliphatic rings. The molecule has 2 aromatic carbocycles. The highest BCUT2D eigenvalue weighted by molar-refractivity contribution is 5.93. The highest BCUT2D eigenvalue weighted by Gasteiger charge is 2.64. The van der Waals surface area contributed by atoms with Gasteiger partial charge in [0.25, 0.3) is 0 Å². The van der Waals surface area contributed by atoms with Gasteiger partial charge in [0.2, 0.25) is 0 Å². The van der Waals surface area contributed by atoms with Crippen molar-refractivity contribution >= 4 is 5.78 Å². The number of nitrogens with zero attached hydrogens (tertiary/aromatic N) is 2. The summed E-state index contributed by atoms with van der Waals surface area (Å²) in [6.07, 6.45) is 2.10. The third kappa shape index (κ3) is 2.58. The monoisotopic (exact) mass is 384 g/mol. The molecule has 28 heavy (non-hydrogen) atoms. The Morgan fingerprint density at radius 2 is 1.25 bits per heavy atom. The second-order valence-corrected chi connectivity index (χ2v) is 8.39. The first-order chi connectivity index (χ1) is 13.3. The van der Waals surface area contributed by atoms with Crippen molar-refractivity contribution in [3.63, 3.8) is 0 Å². The number of benzene rings is 2. The van der Waals surface area contributed by atoms with Crippen LogP contribution in [0.3, 0.4) is 0 Å². The minimum absolute atomic E-state index is 0.0785. The number of halogens is 2. The van der Waals surface area contributed by atoms with Crippen LogP contribution < -0.4 is 0 Å². The van der Waals surface area contributed by atoms with Crippen LogP contribution in [0.2, 0.25) is 0 Å². The summed E-state index contributed by atoms with van der Waals surface area (Å²) < 4.78 is 27.0. The van der Waals surface area contributed by atoms with Crippen LogP contribution >= 0.6 is 0 Å². The van der Waals surface area contributed by atoms with E-state index in [4.69, 9.17) is 0 Å². The van der Waals surface area contributed by atoms with E-state index in [-0.39, 0.29) is 17.4 Å². The predicted molar refractivity (Wildman–Crippen MR) is 101 cm³/mol. The summed E-state index contributed by atoms with van der Waals surface area (Å²) in [7, 11) is 0. The number of piperidine rings is 1. The predicted octanol–water partition coefficient (Wildman–Crippen LogP) is 5.51. The maximum absolute atomic E-state index is 13.7. The highest BCUT2D eigenvalue weighted by Crippen LogP contribution is 2.63. The minimum atomic E-state index is -0.810. The lowest BCUT2D eigenvalue weighted by Gasteiger charge is -2.59. The zero-order valence-corrected chi connectivity index (χ0v) is 15.9. The van der Waals surface area contributed by atoms with Crippen molar-refractivity contribution < 1.29 is 13.6 Å². The van der Waals surface area contributed by atoms with Gasteiger partial charge in [-0.1, -0.05) is 44.5 Å². The molecule has 2 fully saturated rings. The molecule has 4 atom stereocenters. The SMILES string of the molecule is CC12CCCC(C)(C1=O)C(c1ccc(F)cc1)N(N=O)C2c1ccc(F)cc1. The Hall–Kier alpha value is -2.63. The van der Waals surface area contributed by atoms with Crippen LogP contribution in [0.4, 0.5) is 8.78 Å². The van der Waals surface area contributed by atoms with Gasteiger partial charge >= 0.3 is 0 Å². The fraction of sp³-hybridized carbons (Fsp3) is 0.409. The second kappa shape index (κ2) is 6.47. The van der Waals surface area contributed by atoms with E-state index in [0.717, 1.165) is 6.42 Å². The fourth-order valence-corrected chi connectivity index (χ4v) is 5.38. The zero-order valence-electron chi connectivity index (χ0n) is 15.9. The Balaban J connectivity index is 1.92. The summed E-state index contributed by atoms with van der Waals surface area (Å²) in [5.74, 6) is -0.690. The molecule has 6 heteroatoms. The molecule has 1 aliphatic heterocycles. The Morgan fingerprint density at radius 1 is 0.857 bits per heavy atom. The Morgan fingerprint density at radius 3 is 1.61 bits per heavy atom. The molecule has 146 valence electrons. The van der Waals surface area contributed by atoms with Crippen LogP contribution in [0.1, 0.15) is 56.3 Å². The first-order valence-corrected chi connectivity index (χ1v) is 9.49. The van der Waals surface area contributed by atoms with Crippen molar-refractivity contribution in [2.75, 3.05) is 0 Å². The third-order valence-corrected chi connectivity index (χ3v) is 6.63. The topological polar surface area (TPSA) is 49.7 Å². The van der Waals surface area contributed by atoms with Crippen LogP contribution in [0, 0.1) is 27.4 Å². The number of Topliss-reactive ketones (excluding diaryl/α,β-unsaturated/α-hetero) is 1. The lowest BCUT2D eigenvalue weighted by molar-refractivity contribution is -0.171. The Kier molecular flexibility index (Phi) is 4.32. The van der Waals surface area contributed by atoms with Gasteiger partial charge in [-0.3, -0.25) is 4.79 Å². The number of fused-ring (bicyclic) bond motifs is 2. The van der Waals surface area contributed by atoms with Gasteiger partial charge in [0.1, 0.15) is 17.4 Å². The molecule has 0 spiro atoms. The van der Waals surface area contributed by atoms with Crippen LogP contribution in [-0.2, 0) is 4.79 Å². The fourth-order valence-electron chi connectivity index (χ4n) is 5.38. The molecule has 4 rings (SSSR count). The number of ketones is 1. The van der Waals surface area contributed by atoms with E-state index in [9.17, 15) is 18.5 Å². The molecule has 4 unspecified atom stereocenters. The molecule has 1 saturated carbocycles. The van der Waals surface area contributed by atoms with Gasteiger partial charge in [0.05, 0.1) is 28.2 Å². The van der Waals surface area contributed by atoms with Crippen molar-refractivity contribution in [3.8, 4) is 0 Å². The van der Waals surface area contributed by atoms with Crippen LogP contribution in [0.15, 0.2) is 53.8 Å². The molecule has 1 aliphatic carbocycles. The standard InChI is InChI=1S/C22H22F2N2O2/c1-21-12-3-13-22(2,20(21)27)19(15-6-10-17(24)11-7-15)26(25-28)18(21)14-4-8-16(23)9-5-14/h4-11,18-19H,3,12-13H2,1-2H3. The van der Waals surface area contributed by atoms with Crippen molar-refractivity contribution in [2.45, 2.75) is 45.2 Å². The van der Waals surface area contributed by atoms with E-state index in [1.165, 1.54) is 29.3 Å². The van der Waals surface area contributed by atoms with E-state index < -0.39 is 22.9 Å². The van der Waals surface area contributed by atoms with E-state index in [1.807, 2.05) is 13.8 Å². The Bertz CT molecular complexity index is 846. The zero-order chi connectivity index (χ0) is 20.1. The van der Waals surface area contributed by atoms with E-state index in [2.05, 4.69) is 5.29 Å². The molecule has 0 radical (unpaired) electrons. The van der Waals surface area contributed by atoms with Crippen molar-refractivity contribution in [3.05, 3.63) is 76.2 Å². The van der Waals surface area contributed by atoms with Crippen LogP contribution in [-0.4, -0.2) is 10.8 Å². The summed E-state index contributed by atoms with van der Waals surface area (Å²) in [5.41, 5.74) is -0.273. The number of carbonyl (C=O) groups excluding carboxylic acids is 1. The van der Waals surface area contributed by atoms with Crippen molar-refractivity contribution in [2.24, 2.45) is 16.1 Å². The minimum Gasteiger partial charge on any atom is -0.298 e. The average molecular weight is 384 g/mol. The maximum Gasteiger partial charge on any atom is 0.149 e. The summed E-state index contributed by atoms with van der Waals surface area (Å²) in [5, 5.41) is 4.80. The second-order valence-electron chi connectivity index (χ2n) is 8.39. The number of carbonyl (C=O) groups is 1. The smallest absolute Gasteiger partial charge is 0.149 e. The lowest BCUT2D eigenvalue weighted by atomic mass is 9.52. The normalized spacial score (nSPS) is 32.3. The molecule has 1 heterocycles. The quantitative estimate of drug-likeness (QED) is 0.656. The van der Waals surface area contributed by atoms with Gasteiger partial charge in [-0.05, 0) is 48.2 Å². The van der Waals surface area contributed by atoms with Gasteiger partial charge in [-0.2, -0.15) is 0 Å². The molecule has 0 N–H and O–H groups in total. The van der Waals surface area contributed by atoms with E-state index in [0.29, 0.717) is 24.0 Å². The number of hydrogen-bond acceptors (Lipinski definition) is 3. The van der Waals surface area contributed by atoms with Gasteiger partial charge in [-0.15, -0.1) is 4.91 Å². The summed E-state index contributed by atoms with van der Waals surface area (Å²) in [6.45, 7) is 3.75. The first kappa shape index (κ1) is 18.7. The lowest BCUT2D eigenvalue weighted by Crippen LogP contribution is -2.61. The van der Waals surface area contributed by atoms with Gasteiger partial charge in [0, 0.05) is 0 Å².